The van der Waals surface area contributed by atoms with Gasteiger partial charge in [0.05, 0.1) is 5.56 Å². The van der Waals surface area contributed by atoms with Crippen LogP contribution in [0.5, 0.6) is 0 Å². The van der Waals surface area contributed by atoms with E-state index in [-0.39, 0.29) is 11.8 Å². The number of thiophene rings is 1. The number of nitrogens with one attached hydrogen (secondary N) is 2. The fraction of sp³-hybridized carbons (Fsp3) is 0.250. The van der Waals surface area contributed by atoms with Crippen LogP contribution >= 0.6 is 23.1 Å². The molecule has 1 aromatic heterocycles. The van der Waals surface area contributed by atoms with E-state index >= 15 is 0 Å². The van der Waals surface area contributed by atoms with Crippen LogP contribution in [0.3, 0.4) is 0 Å². The molecule has 0 radical (unpaired) electrons. The quantitative estimate of drug-likeness (QED) is 0.816. The van der Waals surface area contributed by atoms with E-state index in [1.54, 1.807) is 36.3 Å². The summed E-state index contributed by atoms with van der Waals surface area (Å²) in [6, 6.07) is 9.19. The van der Waals surface area contributed by atoms with Gasteiger partial charge in [-0.3, -0.25) is 9.59 Å². The second-order valence-corrected chi connectivity index (χ2v) is 7.46. The summed E-state index contributed by atoms with van der Waals surface area (Å²) in [6.45, 7) is 4.22. The Morgan fingerprint density at radius 2 is 1.95 bits per heavy atom. The van der Waals surface area contributed by atoms with Crippen molar-refractivity contribution in [2.24, 2.45) is 0 Å². The normalized spacial score (nSPS) is 10.5. The molecule has 0 aliphatic heterocycles. The Balaban J connectivity index is 2.16. The lowest BCUT2D eigenvalue weighted by Crippen LogP contribution is -2.20. The van der Waals surface area contributed by atoms with Crippen LogP contribution < -0.4 is 10.6 Å². The van der Waals surface area contributed by atoms with Gasteiger partial charge < -0.3 is 10.6 Å². The number of amides is 2. The van der Waals surface area contributed by atoms with E-state index in [0.29, 0.717) is 21.4 Å². The summed E-state index contributed by atoms with van der Waals surface area (Å²) < 4.78 is 0. The maximum Gasteiger partial charge on any atom is 0.256 e. The minimum Gasteiger partial charge on any atom is -0.355 e. The Morgan fingerprint density at radius 1 is 1.18 bits per heavy atom. The second-order valence-electron chi connectivity index (χ2n) is 4.89. The zero-order valence-corrected chi connectivity index (χ0v) is 14.3. The third kappa shape index (κ3) is 4.11. The third-order valence-corrected chi connectivity index (χ3v) is 4.66. The first-order valence-corrected chi connectivity index (χ1v) is 8.65. The largest absolute Gasteiger partial charge is 0.355 e. The molecule has 0 bridgehead atoms. The maximum absolute atomic E-state index is 12.4. The van der Waals surface area contributed by atoms with Crippen molar-refractivity contribution in [3.8, 4) is 0 Å². The van der Waals surface area contributed by atoms with Crippen molar-refractivity contribution in [3.05, 3.63) is 46.8 Å². The first kappa shape index (κ1) is 16.6. The van der Waals surface area contributed by atoms with Crippen molar-refractivity contribution in [2.45, 2.75) is 24.0 Å². The van der Waals surface area contributed by atoms with Gasteiger partial charge in [-0.1, -0.05) is 19.9 Å². The van der Waals surface area contributed by atoms with Crippen LogP contribution in [-0.2, 0) is 0 Å². The molecule has 0 aliphatic carbocycles. The molecule has 22 heavy (non-hydrogen) atoms. The fourth-order valence-electron chi connectivity index (χ4n) is 1.88. The number of hydrogen-bond acceptors (Lipinski definition) is 4. The molecule has 0 spiro atoms. The van der Waals surface area contributed by atoms with Crippen LogP contribution in [0.15, 0.2) is 40.6 Å². The molecule has 116 valence electrons. The molecule has 2 N–H and O–H groups in total. The molecule has 0 saturated heterocycles. The van der Waals surface area contributed by atoms with Gasteiger partial charge in [-0.25, -0.2) is 0 Å². The molecule has 6 heteroatoms. The topological polar surface area (TPSA) is 58.2 Å². The zero-order chi connectivity index (χ0) is 16.1. The first-order chi connectivity index (χ1) is 10.5. The smallest absolute Gasteiger partial charge is 0.256 e. The van der Waals surface area contributed by atoms with Crippen molar-refractivity contribution in [1.29, 1.82) is 0 Å². The molecule has 4 nitrogen and oxygen atoms in total. The van der Waals surface area contributed by atoms with Gasteiger partial charge in [0.2, 0.25) is 0 Å². The summed E-state index contributed by atoms with van der Waals surface area (Å²) in [5.41, 5.74) is 1.07. The predicted molar refractivity (Wildman–Crippen MR) is 93.1 cm³/mol. The van der Waals surface area contributed by atoms with Crippen LogP contribution in [0.25, 0.3) is 0 Å². The van der Waals surface area contributed by atoms with Crippen molar-refractivity contribution in [1.82, 2.24) is 5.32 Å². The van der Waals surface area contributed by atoms with Gasteiger partial charge in [-0.05, 0) is 29.6 Å². The molecular formula is C16H18N2O2S2. The monoisotopic (exact) mass is 334 g/mol. The lowest BCUT2D eigenvalue weighted by Gasteiger charge is -2.08. The molecule has 0 fully saturated rings. The summed E-state index contributed by atoms with van der Waals surface area (Å²) in [6.07, 6.45) is 0. The Morgan fingerprint density at radius 3 is 2.64 bits per heavy atom. The van der Waals surface area contributed by atoms with Crippen molar-refractivity contribution >= 4 is 39.9 Å². The SMILES string of the molecule is CNC(=O)c1ccsc1NC(=O)c1cccc(SC(C)C)c1. The number of benzene rings is 1. The van der Waals surface area contributed by atoms with E-state index in [4.69, 9.17) is 0 Å². The number of carbonyl (C=O) groups excluding carboxylic acids is 2. The van der Waals surface area contributed by atoms with E-state index in [9.17, 15) is 9.59 Å². The standard InChI is InChI=1S/C16H18N2O2S2/c1-10(2)22-12-6-4-5-11(9-12)14(19)18-16-13(7-8-21-16)15(20)17-3/h4-10H,1-3H3,(H,17,20)(H,18,19). The zero-order valence-electron chi connectivity index (χ0n) is 12.7. The summed E-state index contributed by atoms with van der Waals surface area (Å²) in [7, 11) is 1.57. The van der Waals surface area contributed by atoms with Gasteiger partial charge in [-0.15, -0.1) is 23.1 Å². The van der Waals surface area contributed by atoms with Crippen LogP contribution in [-0.4, -0.2) is 24.1 Å². The maximum atomic E-state index is 12.4. The van der Waals surface area contributed by atoms with Crippen LogP contribution in [0.4, 0.5) is 5.00 Å². The molecule has 2 amide bonds. The fourth-order valence-corrected chi connectivity index (χ4v) is 3.55. The van der Waals surface area contributed by atoms with Gasteiger partial charge in [0.1, 0.15) is 5.00 Å². The number of rotatable bonds is 5. The molecule has 0 saturated carbocycles. The van der Waals surface area contributed by atoms with Gasteiger partial charge >= 0.3 is 0 Å². The Hall–Kier alpha value is -1.79. The highest BCUT2D eigenvalue weighted by Crippen LogP contribution is 2.26. The second kappa shape index (κ2) is 7.47. The highest BCUT2D eigenvalue weighted by atomic mass is 32.2. The van der Waals surface area contributed by atoms with Crippen LogP contribution in [0, 0.1) is 0 Å². The Bertz CT molecular complexity index is 680. The van der Waals surface area contributed by atoms with Gasteiger partial charge in [0.25, 0.3) is 11.8 Å². The molecule has 0 atom stereocenters. The molecule has 1 heterocycles. The molecule has 0 unspecified atom stereocenters. The minimum absolute atomic E-state index is 0.208. The van der Waals surface area contributed by atoms with Crippen molar-refractivity contribution in [2.75, 3.05) is 12.4 Å². The van der Waals surface area contributed by atoms with Crippen LogP contribution in [0.1, 0.15) is 34.6 Å². The summed E-state index contributed by atoms with van der Waals surface area (Å²) >= 11 is 3.04. The van der Waals surface area contributed by atoms with E-state index in [1.165, 1.54) is 11.3 Å². The summed E-state index contributed by atoms with van der Waals surface area (Å²) in [5.74, 6) is -0.417. The van der Waals surface area contributed by atoms with Gasteiger partial charge in [-0.2, -0.15) is 0 Å². The molecule has 0 aliphatic rings. The molecular weight excluding hydrogens is 316 g/mol. The number of thioether (sulfide) groups is 1. The lowest BCUT2D eigenvalue weighted by atomic mass is 10.2. The average Bonchev–Trinajstić information content (AvgIpc) is 2.94. The predicted octanol–water partition coefficient (Wildman–Crippen LogP) is 3.86. The molecule has 2 rings (SSSR count). The highest BCUT2D eigenvalue weighted by Gasteiger charge is 2.15. The Kier molecular flexibility index (Phi) is 5.63. The van der Waals surface area contributed by atoms with Gasteiger partial charge in [0.15, 0.2) is 0 Å². The summed E-state index contributed by atoms with van der Waals surface area (Å²) in [4.78, 5) is 25.2. The third-order valence-electron chi connectivity index (χ3n) is 2.83. The van der Waals surface area contributed by atoms with E-state index in [0.717, 1.165) is 4.90 Å². The lowest BCUT2D eigenvalue weighted by molar-refractivity contribution is 0.0964. The first-order valence-electron chi connectivity index (χ1n) is 6.89. The Labute approximate surface area is 138 Å². The average molecular weight is 334 g/mol. The van der Waals surface area contributed by atoms with E-state index in [1.807, 2.05) is 18.2 Å². The van der Waals surface area contributed by atoms with Gasteiger partial charge in [0, 0.05) is 22.8 Å². The number of hydrogen-bond donors (Lipinski definition) is 2. The number of carbonyl (C=O) groups is 2. The molecule has 1 aromatic carbocycles. The number of anilines is 1. The van der Waals surface area contributed by atoms with Crippen molar-refractivity contribution in [3.63, 3.8) is 0 Å². The molecule has 2 aromatic rings. The highest BCUT2D eigenvalue weighted by molar-refractivity contribution is 7.99. The van der Waals surface area contributed by atoms with Crippen LogP contribution in [0.2, 0.25) is 0 Å². The minimum atomic E-state index is -0.209. The van der Waals surface area contributed by atoms with E-state index < -0.39 is 0 Å². The van der Waals surface area contributed by atoms with Crippen molar-refractivity contribution < 1.29 is 9.59 Å². The van der Waals surface area contributed by atoms with E-state index in [2.05, 4.69) is 24.5 Å². The summed E-state index contributed by atoms with van der Waals surface area (Å²) in [5, 5.41) is 8.18.